The maximum Gasteiger partial charge on any atom is 0.184 e. The second-order valence-corrected chi connectivity index (χ2v) is 5.01. The van der Waals surface area contributed by atoms with Gasteiger partial charge in [0.15, 0.2) is 11.9 Å². The highest BCUT2D eigenvalue weighted by Gasteiger charge is 2.41. The Morgan fingerprint density at radius 2 is 2.00 bits per heavy atom. The van der Waals surface area contributed by atoms with Gasteiger partial charge in [0.05, 0.1) is 12.9 Å². The molecule has 0 aromatic carbocycles. The van der Waals surface area contributed by atoms with E-state index in [1.807, 2.05) is 6.26 Å². The first-order valence-electron chi connectivity index (χ1n) is 6.07. The maximum absolute atomic E-state index is 8.93. The lowest BCUT2D eigenvalue weighted by Crippen LogP contribution is -2.33. The van der Waals surface area contributed by atoms with E-state index in [0.717, 1.165) is 16.2 Å². The Hall–Kier alpha value is -1.30. The Labute approximate surface area is 124 Å². The standard InChI is InChI=1S/C6H6N4S.C5H10O5/c1-11-6-4-5(8-2-7-4)9-3-10-6;6-1-2-3(7)4(8)5(9)10-2/h2-3H,1H3,(H,7,8,9,10);2-9H,1H2/t;2-,3-,4-,5?/m.1/s1. The lowest BCUT2D eigenvalue weighted by atomic mass is 10.1. The van der Waals surface area contributed by atoms with E-state index >= 15 is 0 Å². The van der Waals surface area contributed by atoms with Crippen LogP contribution in [0.3, 0.4) is 0 Å². The highest BCUT2D eigenvalue weighted by atomic mass is 32.2. The molecule has 1 fully saturated rings. The van der Waals surface area contributed by atoms with Crippen molar-refractivity contribution < 1.29 is 25.2 Å². The number of nitrogens with one attached hydrogen (secondary N) is 1. The van der Waals surface area contributed by atoms with Crippen LogP contribution in [-0.2, 0) is 4.74 Å². The minimum Gasteiger partial charge on any atom is -0.394 e. The first kappa shape index (κ1) is 16.1. The van der Waals surface area contributed by atoms with Crippen LogP contribution in [-0.4, -0.2) is 77.8 Å². The molecule has 4 atom stereocenters. The topological polar surface area (TPSA) is 145 Å². The molecule has 0 aliphatic carbocycles. The monoisotopic (exact) mass is 316 g/mol. The zero-order chi connectivity index (χ0) is 15.4. The van der Waals surface area contributed by atoms with Crippen molar-refractivity contribution in [2.75, 3.05) is 12.9 Å². The van der Waals surface area contributed by atoms with Gasteiger partial charge in [-0.1, -0.05) is 0 Å². The minimum absolute atomic E-state index is 0.407. The summed E-state index contributed by atoms with van der Waals surface area (Å²) in [7, 11) is 0. The Balaban J connectivity index is 0.000000155. The van der Waals surface area contributed by atoms with Gasteiger partial charge in [-0.05, 0) is 6.26 Å². The molecule has 1 unspecified atom stereocenters. The smallest absolute Gasteiger partial charge is 0.184 e. The van der Waals surface area contributed by atoms with Gasteiger partial charge < -0.3 is 30.1 Å². The Morgan fingerprint density at radius 3 is 2.52 bits per heavy atom. The molecule has 5 N–H and O–H groups in total. The van der Waals surface area contributed by atoms with Gasteiger partial charge in [-0.3, -0.25) is 0 Å². The van der Waals surface area contributed by atoms with Crippen molar-refractivity contribution in [3.8, 4) is 0 Å². The molecule has 10 heteroatoms. The summed E-state index contributed by atoms with van der Waals surface area (Å²) in [5, 5.41) is 35.9. The van der Waals surface area contributed by atoms with E-state index < -0.39 is 31.2 Å². The van der Waals surface area contributed by atoms with Crippen molar-refractivity contribution in [3.05, 3.63) is 12.7 Å². The first-order chi connectivity index (χ1) is 10.1. The van der Waals surface area contributed by atoms with Gasteiger partial charge in [-0.2, -0.15) is 0 Å². The van der Waals surface area contributed by atoms with Gasteiger partial charge in [0.2, 0.25) is 0 Å². The van der Waals surface area contributed by atoms with E-state index in [4.69, 9.17) is 20.4 Å². The average molecular weight is 316 g/mol. The molecule has 0 amide bonds. The van der Waals surface area contributed by atoms with Crippen molar-refractivity contribution in [1.82, 2.24) is 19.9 Å². The molecule has 1 saturated heterocycles. The number of nitrogens with zero attached hydrogens (tertiary/aromatic N) is 3. The van der Waals surface area contributed by atoms with E-state index in [2.05, 4.69) is 24.7 Å². The van der Waals surface area contributed by atoms with Gasteiger partial charge in [0, 0.05) is 0 Å². The Bertz CT molecular complexity index is 582. The Morgan fingerprint density at radius 1 is 1.24 bits per heavy atom. The number of aliphatic hydroxyl groups excluding tert-OH is 4. The van der Waals surface area contributed by atoms with E-state index in [-0.39, 0.29) is 0 Å². The maximum atomic E-state index is 8.93. The van der Waals surface area contributed by atoms with Gasteiger partial charge in [-0.15, -0.1) is 11.8 Å². The van der Waals surface area contributed by atoms with Crippen LogP contribution in [0.2, 0.25) is 0 Å². The number of aliphatic hydroxyl groups is 4. The van der Waals surface area contributed by atoms with Gasteiger partial charge >= 0.3 is 0 Å². The molecule has 9 nitrogen and oxygen atoms in total. The quantitative estimate of drug-likeness (QED) is 0.330. The van der Waals surface area contributed by atoms with Crippen molar-refractivity contribution in [2.24, 2.45) is 0 Å². The van der Waals surface area contributed by atoms with Crippen LogP contribution in [0.25, 0.3) is 11.2 Å². The minimum atomic E-state index is -1.38. The number of aromatic nitrogens is 4. The summed E-state index contributed by atoms with van der Waals surface area (Å²) in [5.41, 5.74) is 1.64. The summed E-state index contributed by atoms with van der Waals surface area (Å²) in [5.74, 6) is 0. The summed E-state index contributed by atoms with van der Waals surface area (Å²) in [4.78, 5) is 15.1. The van der Waals surface area contributed by atoms with Crippen LogP contribution in [0, 0.1) is 0 Å². The molecule has 1 aliphatic heterocycles. The summed E-state index contributed by atoms with van der Waals surface area (Å²) in [6.45, 7) is -0.407. The van der Waals surface area contributed by atoms with Crippen LogP contribution < -0.4 is 0 Å². The normalized spacial score (nSPS) is 28.4. The highest BCUT2D eigenvalue weighted by molar-refractivity contribution is 7.98. The fraction of sp³-hybridized carbons (Fsp3) is 0.545. The lowest BCUT2D eigenvalue weighted by molar-refractivity contribution is -0.132. The SMILES string of the molecule is CSc1ncnc2nc[nH]c12.OC[C@H]1OC(O)[C@H](O)[C@@H]1O. The summed E-state index contributed by atoms with van der Waals surface area (Å²) in [6, 6.07) is 0. The largest absolute Gasteiger partial charge is 0.394 e. The average Bonchev–Trinajstić information content (AvgIpc) is 3.08. The van der Waals surface area contributed by atoms with E-state index in [0.29, 0.717) is 0 Å². The van der Waals surface area contributed by atoms with Crippen molar-refractivity contribution >= 4 is 22.9 Å². The number of rotatable bonds is 2. The third kappa shape index (κ3) is 3.48. The zero-order valence-corrected chi connectivity index (χ0v) is 11.9. The van der Waals surface area contributed by atoms with Crippen LogP contribution in [0.5, 0.6) is 0 Å². The highest BCUT2D eigenvalue weighted by Crippen LogP contribution is 2.19. The van der Waals surface area contributed by atoms with E-state index in [1.54, 1.807) is 18.1 Å². The number of fused-ring (bicyclic) bond motifs is 1. The van der Waals surface area contributed by atoms with Gasteiger partial charge in [-0.25, -0.2) is 15.0 Å². The van der Waals surface area contributed by atoms with Gasteiger partial charge in [0.1, 0.15) is 35.2 Å². The van der Waals surface area contributed by atoms with Crippen molar-refractivity contribution in [1.29, 1.82) is 0 Å². The fourth-order valence-electron chi connectivity index (χ4n) is 1.78. The summed E-state index contributed by atoms with van der Waals surface area (Å²) in [6.07, 6.45) is 0.366. The number of imidazole rings is 1. The predicted octanol–water partition coefficient (Wildman–Crippen LogP) is -1.51. The van der Waals surface area contributed by atoms with E-state index in [1.165, 1.54) is 6.33 Å². The lowest BCUT2D eigenvalue weighted by Gasteiger charge is -2.09. The van der Waals surface area contributed by atoms with Crippen LogP contribution in [0.1, 0.15) is 0 Å². The molecule has 0 saturated carbocycles. The zero-order valence-electron chi connectivity index (χ0n) is 11.1. The second-order valence-electron chi connectivity index (χ2n) is 4.21. The molecular formula is C11H16N4O5S. The van der Waals surface area contributed by atoms with Crippen LogP contribution >= 0.6 is 11.8 Å². The second kappa shape index (κ2) is 7.11. The molecule has 1 aliphatic rings. The molecule has 2 aromatic rings. The van der Waals surface area contributed by atoms with Gasteiger partial charge in [0.25, 0.3) is 0 Å². The number of thioether (sulfide) groups is 1. The van der Waals surface area contributed by atoms with Crippen molar-refractivity contribution in [3.63, 3.8) is 0 Å². The first-order valence-corrected chi connectivity index (χ1v) is 7.29. The van der Waals surface area contributed by atoms with Crippen molar-refractivity contribution in [2.45, 2.75) is 29.6 Å². The molecule has 0 spiro atoms. The third-order valence-electron chi connectivity index (χ3n) is 2.90. The third-order valence-corrected chi connectivity index (χ3v) is 3.59. The van der Waals surface area contributed by atoms with Crippen LogP contribution in [0.4, 0.5) is 0 Å². The molecule has 0 radical (unpaired) electrons. The molecule has 21 heavy (non-hydrogen) atoms. The molecular weight excluding hydrogens is 300 g/mol. The Kier molecular flexibility index (Phi) is 5.45. The van der Waals surface area contributed by atoms with Crippen LogP contribution in [0.15, 0.2) is 17.7 Å². The molecule has 2 aromatic heterocycles. The summed E-state index contributed by atoms with van der Waals surface area (Å²) >= 11 is 1.58. The number of ether oxygens (including phenoxy) is 1. The fourth-order valence-corrected chi connectivity index (χ4v) is 2.28. The number of hydrogen-bond acceptors (Lipinski definition) is 9. The predicted molar refractivity (Wildman–Crippen MR) is 73.4 cm³/mol. The molecule has 0 bridgehead atoms. The van der Waals surface area contributed by atoms with E-state index in [9.17, 15) is 0 Å². The number of H-pyrrole nitrogens is 1. The molecule has 3 rings (SSSR count). The summed E-state index contributed by atoms with van der Waals surface area (Å²) < 4.78 is 4.54. The molecule has 3 heterocycles. The number of aromatic amines is 1. The molecule has 116 valence electrons. The number of hydrogen-bond donors (Lipinski definition) is 5.